The van der Waals surface area contributed by atoms with Crippen molar-refractivity contribution in [1.82, 2.24) is 0 Å². The van der Waals surface area contributed by atoms with Crippen molar-refractivity contribution in [1.29, 1.82) is 0 Å². The van der Waals surface area contributed by atoms with E-state index in [1.807, 2.05) is 49.4 Å². The molecule has 2 aromatic rings. The van der Waals surface area contributed by atoms with Crippen LogP contribution in [0.2, 0.25) is 0 Å². The van der Waals surface area contributed by atoms with Crippen LogP contribution in [-0.2, 0) is 17.7 Å². The number of ketones is 1. The summed E-state index contributed by atoms with van der Waals surface area (Å²) in [5.74, 6) is 0.0939. The zero-order valence-electron chi connectivity index (χ0n) is 11.3. The zero-order chi connectivity index (χ0) is 14.1. The van der Waals surface area contributed by atoms with Gasteiger partial charge in [-0.15, -0.1) is 0 Å². The molecule has 3 nitrogen and oxygen atoms in total. The molecule has 1 heterocycles. The number of fused-ring (bicyclic) bond motifs is 1. The molecule has 0 saturated heterocycles. The van der Waals surface area contributed by atoms with E-state index in [0.29, 0.717) is 13.0 Å². The molecule has 0 atom stereocenters. The van der Waals surface area contributed by atoms with Crippen molar-refractivity contribution in [3.05, 3.63) is 64.7 Å². The van der Waals surface area contributed by atoms with Crippen LogP contribution in [0.4, 0.5) is 0 Å². The van der Waals surface area contributed by atoms with Gasteiger partial charge in [-0.2, -0.15) is 0 Å². The molecule has 0 unspecified atom stereocenters. The molecule has 0 fully saturated rings. The van der Waals surface area contributed by atoms with Crippen LogP contribution in [0.5, 0.6) is 0 Å². The Hall–Kier alpha value is -1.91. The van der Waals surface area contributed by atoms with Gasteiger partial charge in [-0.25, -0.2) is 0 Å². The summed E-state index contributed by atoms with van der Waals surface area (Å²) in [6.07, 6.45) is 0.338. The quantitative estimate of drug-likeness (QED) is 0.678. The number of benzene rings is 2. The smallest absolute Gasteiger partial charge is 0.423 e. The highest BCUT2D eigenvalue weighted by molar-refractivity contribution is 6.61. The molecule has 0 amide bonds. The van der Waals surface area contributed by atoms with Crippen LogP contribution >= 0.6 is 0 Å². The number of rotatable bonds is 3. The lowest BCUT2D eigenvalue weighted by molar-refractivity contribution is 0.0992. The SMILES string of the molecule is Cc1ccccc1C(=O)Cc1ccc2c(c1)B(O)OC2. The third kappa shape index (κ3) is 2.40. The van der Waals surface area contributed by atoms with E-state index in [0.717, 1.165) is 27.7 Å². The molecule has 0 aliphatic carbocycles. The Morgan fingerprint density at radius 3 is 2.90 bits per heavy atom. The Morgan fingerprint density at radius 1 is 1.30 bits per heavy atom. The fraction of sp³-hybridized carbons (Fsp3) is 0.188. The second kappa shape index (κ2) is 5.23. The summed E-state index contributed by atoms with van der Waals surface area (Å²) in [6.45, 7) is 2.37. The topological polar surface area (TPSA) is 46.5 Å². The van der Waals surface area contributed by atoms with Crippen LogP contribution in [-0.4, -0.2) is 17.9 Å². The molecular formula is C16H15BO3. The average Bonchev–Trinajstić information content (AvgIpc) is 2.81. The van der Waals surface area contributed by atoms with Crippen LogP contribution in [0.15, 0.2) is 42.5 Å². The fourth-order valence-corrected chi connectivity index (χ4v) is 2.54. The van der Waals surface area contributed by atoms with E-state index in [4.69, 9.17) is 4.65 Å². The summed E-state index contributed by atoms with van der Waals surface area (Å²) >= 11 is 0. The summed E-state index contributed by atoms with van der Waals surface area (Å²) < 4.78 is 5.16. The highest BCUT2D eigenvalue weighted by Gasteiger charge is 2.27. The molecule has 1 N–H and O–H groups in total. The van der Waals surface area contributed by atoms with Gasteiger partial charge < -0.3 is 9.68 Å². The van der Waals surface area contributed by atoms with Crippen LogP contribution in [0, 0.1) is 6.92 Å². The van der Waals surface area contributed by atoms with Gasteiger partial charge in [0, 0.05) is 12.0 Å². The summed E-state index contributed by atoms with van der Waals surface area (Å²) in [5, 5.41) is 9.69. The Labute approximate surface area is 118 Å². The maximum Gasteiger partial charge on any atom is 0.491 e. The molecule has 0 aromatic heterocycles. The molecule has 0 saturated carbocycles. The number of carbonyl (C=O) groups is 1. The maximum atomic E-state index is 12.3. The molecular weight excluding hydrogens is 251 g/mol. The lowest BCUT2D eigenvalue weighted by Crippen LogP contribution is -2.28. The monoisotopic (exact) mass is 266 g/mol. The standard InChI is InChI=1S/C16H15BO3/c1-11-4-2-3-5-14(11)16(18)9-12-6-7-13-10-20-17(19)15(13)8-12/h2-8,19H,9-10H2,1H3. The number of aryl methyl sites for hydroxylation is 1. The molecule has 1 aliphatic heterocycles. The Morgan fingerprint density at radius 2 is 2.10 bits per heavy atom. The molecule has 0 bridgehead atoms. The Kier molecular flexibility index (Phi) is 3.43. The van der Waals surface area contributed by atoms with Crippen molar-refractivity contribution in [3.8, 4) is 0 Å². The van der Waals surface area contributed by atoms with E-state index >= 15 is 0 Å². The van der Waals surface area contributed by atoms with Crippen LogP contribution in [0.1, 0.15) is 27.0 Å². The first-order valence-electron chi connectivity index (χ1n) is 6.65. The zero-order valence-corrected chi connectivity index (χ0v) is 11.3. The molecule has 20 heavy (non-hydrogen) atoms. The van der Waals surface area contributed by atoms with Gasteiger partial charge in [-0.1, -0.05) is 42.5 Å². The lowest BCUT2D eigenvalue weighted by Gasteiger charge is -2.06. The molecule has 3 rings (SSSR count). The summed E-state index contributed by atoms with van der Waals surface area (Å²) in [6, 6.07) is 13.3. The van der Waals surface area contributed by atoms with Gasteiger partial charge in [-0.05, 0) is 29.1 Å². The van der Waals surface area contributed by atoms with Gasteiger partial charge in [0.25, 0.3) is 0 Å². The third-order valence-corrected chi connectivity index (χ3v) is 3.68. The number of hydrogen-bond acceptors (Lipinski definition) is 3. The normalized spacial score (nSPS) is 13.4. The molecule has 4 heteroatoms. The molecule has 0 spiro atoms. The molecule has 0 radical (unpaired) electrons. The van der Waals surface area contributed by atoms with Crippen molar-refractivity contribution in [3.63, 3.8) is 0 Å². The van der Waals surface area contributed by atoms with Gasteiger partial charge in [-0.3, -0.25) is 4.79 Å². The minimum Gasteiger partial charge on any atom is -0.423 e. The molecule has 100 valence electrons. The van der Waals surface area contributed by atoms with Gasteiger partial charge in [0.15, 0.2) is 5.78 Å². The van der Waals surface area contributed by atoms with E-state index in [9.17, 15) is 9.82 Å². The first-order valence-corrected chi connectivity index (χ1v) is 6.65. The van der Waals surface area contributed by atoms with Crippen LogP contribution < -0.4 is 5.46 Å². The van der Waals surface area contributed by atoms with Gasteiger partial charge >= 0.3 is 7.12 Å². The summed E-state index contributed by atoms with van der Waals surface area (Å²) in [7, 11) is -0.862. The predicted molar refractivity (Wildman–Crippen MR) is 78.1 cm³/mol. The Balaban J connectivity index is 1.84. The summed E-state index contributed by atoms with van der Waals surface area (Å²) in [4.78, 5) is 12.3. The van der Waals surface area contributed by atoms with E-state index < -0.39 is 7.12 Å². The largest absolute Gasteiger partial charge is 0.491 e. The first-order chi connectivity index (χ1) is 9.65. The van der Waals surface area contributed by atoms with Crippen molar-refractivity contribution in [2.75, 3.05) is 0 Å². The second-order valence-electron chi connectivity index (χ2n) is 5.11. The van der Waals surface area contributed by atoms with Crippen molar-refractivity contribution in [2.24, 2.45) is 0 Å². The van der Waals surface area contributed by atoms with Crippen molar-refractivity contribution in [2.45, 2.75) is 20.0 Å². The third-order valence-electron chi connectivity index (χ3n) is 3.68. The molecule has 2 aromatic carbocycles. The van der Waals surface area contributed by atoms with Crippen molar-refractivity contribution < 1.29 is 14.5 Å². The van der Waals surface area contributed by atoms with E-state index in [-0.39, 0.29) is 5.78 Å². The fourth-order valence-electron chi connectivity index (χ4n) is 2.54. The molecule has 1 aliphatic rings. The minimum atomic E-state index is -0.862. The van der Waals surface area contributed by atoms with Crippen LogP contribution in [0.25, 0.3) is 0 Å². The van der Waals surface area contributed by atoms with Crippen LogP contribution in [0.3, 0.4) is 0 Å². The maximum absolute atomic E-state index is 12.3. The predicted octanol–water partition coefficient (Wildman–Crippen LogP) is 1.64. The van der Waals surface area contributed by atoms with Crippen molar-refractivity contribution >= 4 is 18.4 Å². The van der Waals surface area contributed by atoms with E-state index in [1.165, 1.54) is 0 Å². The highest BCUT2D eigenvalue weighted by atomic mass is 16.5. The van der Waals surface area contributed by atoms with E-state index in [1.54, 1.807) is 0 Å². The average molecular weight is 266 g/mol. The summed E-state index contributed by atoms with van der Waals surface area (Å²) in [5.41, 5.74) is 4.41. The van der Waals surface area contributed by atoms with Gasteiger partial charge in [0.2, 0.25) is 0 Å². The number of hydrogen-bond donors (Lipinski definition) is 1. The highest BCUT2D eigenvalue weighted by Crippen LogP contribution is 2.15. The Bertz CT molecular complexity index is 667. The first kappa shape index (κ1) is 13.1. The number of Topliss-reactive ketones (excluding diaryl/α,β-unsaturated/α-hetero) is 1. The van der Waals surface area contributed by atoms with E-state index in [2.05, 4.69) is 0 Å². The lowest BCUT2D eigenvalue weighted by atomic mass is 9.78. The minimum absolute atomic E-state index is 0.0939. The van der Waals surface area contributed by atoms with Gasteiger partial charge in [0.05, 0.1) is 6.61 Å². The second-order valence-corrected chi connectivity index (χ2v) is 5.11. The number of carbonyl (C=O) groups excluding carboxylic acids is 1. The van der Waals surface area contributed by atoms with Gasteiger partial charge in [0.1, 0.15) is 0 Å².